The van der Waals surface area contributed by atoms with Gasteiger partial charge in [-0.15, -0.1) is 0 Å². The molecule has 9 aliphatic rings. The van der Waals surface area contributed by atoms with Gasteiger partial charge in [0.2, 0.25) is 0 Å². The number of aliphatic hydroxyl groups excluding tert-OH is 1. The molecule has 3 fully saturated rings. The molecule has 0 aromatic carbocycles. The number of fused-ring (bicyclic) bond motifs is 8. The van der Waals surface area contributed by atoms with Gasteiger partial charge in [-0.05, 0) is 92.8 Å². The molecule has 0 heterocycles. The van der Waals surface area contributed by atoms with Crippen LogP contribution in [-0.2, 0) is 0 Å². The zero-order valence-electron chi connectivity index (χ0n) is 23.5. The summed E-state index contributed by atoms with van der Waals surface area (Å²) in [6.45, 7) is 22.1. The van der Waals surface area contributed by atoms with E-state index in [2.05, 4.69) is 73.8 Å². The second kappa shape index (κ2) is 7.27. The molecule has 0 aromatic rings. The van der Waals surface area contributed by atoms with Gasteiger partial charge in [-0.25, -0.2) is 4.79 Å². The summed E-state index contributed by atoms with van der Waals surface area (Å²) in [5.41, 5.74) is 19.7. The molecule has 7 unspecified atom stereocenters. The van der Waals surface area contributed by atoms with Crippen molar-refractivity contribution in [2.45, 2.75) is 101 Å². The Hall–Kier alpha value is -1.55. The predicted molar refractivity (Wildman–Crippen MR) is 142 cm³/mol. The third-order valence-electron chi connectivity index (χ3n) is 12.8. The summed E-state index contributed by atoms with van der Waals surface area (Å²) < 4.78 is 0. The van der Waals surface area contributed by atoms with E-state index >= 15 is 0 Å². The minimum absolute atomic E-state index is 0.141. The van der Waals surface area contributed by atoms with Crippen LogP contribution < -0.4 is 11.5 Å². The molecule has 0 aliphatic heterocycles. The van der Waals surface area contributed by atoms with Crippen LogP contribution in [0.15, 0.2) is 33.4 Å². The number of primary amides is 2. The smallest absolute Gasteiger partial charge is 0.309 e. The largest absolute Gasteiger partial charge is 0.392 e. The van der Waals surface area contributed by atoms with Crippen LogP contribution in [0.25, 0.3) is 0 Å². The number of aliphatic hydroxyl groups is 1. The van der Waals surface area contributed by atoms with Crippen molar-refractivity contribution in [2.24, 2.45) is 62.7 Å². The fraction of sp³-hybridized carbons (Fsp3) is 0.774. The monoisotopic (exact) mass is 480 g/mol. The van der Waals surface area contributed by atoms with Gasteiger partial charge in [-0.3, -0.25) is 0 Å². The average Bonchev–Trinajstić information content (AvgIpc) is 2.72. The van der Waals surface area contributed by atoms with Crippen molar-refractivity contribution in [3.05, 3.63) is 33.4 Å². The lowest BCUT2D eigenvalue weighted by Gasteiger charge is -2.69. The Labute approximate surface area is 212 Å². The van der Waals surface area contributed by atoms with Crippen LogP contribution in [0.4, 0.5) is 4.79 Å². The quantitative estimate of drug-likeness (QED) is 0.394. The Kier molecular flexibility index (Phi) is 5.22. The third-order valence-corrected chi connectivity index (χ3v) is 12.8. The van der Waals surface area contributed by atoms with E-state index in [4.69, 9.17) is 4.79 Å². The van der Waals surface area contributed by atoms with E-state index < -0.39 is 6.03 Å². The molecule has 9 rings (SSSR count). The summed E-state index contributed by atoms with van der Waals surface area (Å²) in [5.74, 6) is 3.01. The zero-order chi connectivity index (χ0) is 26.0. The zero-order valence-corrected chi connectivity index (χ0v) is 23.5. The highest BCUT2D eigenvalue weighted by Gasteiger charge is 2.67. The number of amides is 2. The number of rotatable bonds is 2. The Morgan fingerprint density at radius 2 is 1.31 bits per heavy atom. The number of hydrogen-bond donors (Lipinski definition) is 3. The number of carbonyl (C=O) groups excluding carboxylic acids is 1. The van der Waals surface area contributed by atoms with Crippen LogP contribution in [0, 0.1) is 51.2 Å². The predicted octanol–water partition coefficient (Wildman–Crippen LogP) is 6.50. The molecule has 6 bridgehead atoms. The molecule has 35 heavy (non-hydrogen) atoms. The van der Waals surface area contributed by atoms with Crippen molar-refractivity contribution in [2.75, 3.05) is 0 Å². The lowest BCUT2D eigenvalue weighted by Crippen LogP contribution is -2.63. The third kappa shape index (κ3) is 2.92. The Morgan fingerprint density at radius 3 is 1.74 bits per heavy atom. The first-order valence-corrected chi connectivity index (χ1v) is 13.8. The van der Waals surface area contributed by atoms with Crippen LogP contribution in [0.5, 0.6) is 0 Å². The molecular formula is C31H48N2O2. The molecule has 4 heteroatoms. The second-order valence-electron chi connectivity index (χ2n) is 14.6. The van der Waals surface area contributed by atoms with Crippen molar-refractivity contribution in [1.29, 1.82) is 0 Å². The molecule has 2 amide bonds. The number of nitrogens with two attached hydrogens (primary N) is 2. The minimum Gasteiger partial charge on any atom is -0.392 e. The van der Waals surface area contributed by atoms with Crippen molar-refractivity contribution in [3.63, 3.8) is 0 Å². The van der Waals surface area contributed by atoms with E-state index in [1.54, 1.807) is 33.4 Å². The van der Waals surface area contributed by atoms with Gasteiger partial charge in [0.05, 0.1) is 6.10 Å². The standard InChI is InChI=1S/C30H44O.CH4N2O/c1-15-20-10-18(27(20,4)5)11-22(15)30(14-19-12-23(17(30)3)28(19,6)7)25-16(2)21-13-24(26(25)31)29(21,8)9;2-1(3)4/h18-19,22,24-26,31H,10-14H2,1-9H3;(H4,2,3,4). The highest BCUT2D eigenvalue weighted by molar-refractivity contribution is 5.69. The van der Waals surface area contributed by atoms with Gasteiger partial charge in [0.15, 0.2) is 0 Å². The first-order chi connectivity index (χ1) is 16.0. The van der Waals surface area contributed by atoms with E-state index in [-0.39, 0.29) is 16.9 Å². The molecular weight excluding hydrogens is 432 g/mol. The first kappa shape index (κ1) is 25.1. The topological polar surface area (TPSA) is 89.3 Å². The molecule has 3 saturated carbocycles. The Bertz CT molecular complexity index is 1080. The Balaban J connectivity index is 0.000000591. The molecule has 4 nitrogen and oxygen atoms in total. The van der Waals surface area contributed by atoms with Crippen molar-refractivity contribution in [3.8, 4) is 0 Å². The highest BCUT2D eigenvalue weighted by Crippen LogP contribution is 2.75. The minimum atomic E-state index is -0.833. The molecule has 0 saturated heterocycles. The van der Waals surface area contributed by atoms with Gasteiger partial charge in [-0.1, -0.05) is 75.0 Å². The van der Waals surface area contributed by atoms with E-state index in [1.165, 1.54) is 25.7 Å². The summed E-state index contributed by atoms with van der Waals surface area (Å²) >= 11 is 0. The fourth-order valence-corrected chi connectivity index (χ4v) is 10.3. The summed E-state index contributed by atoms with van der Waals surface area (Å²) in [4.78, 5) is 9.00. The second-order valence-corrected chi connectivity index (χ2v) is 14.6. The summed E-state index contributed by atoms with van der Waals surface area (Å²) in [6, 6.07) is -0.833. The summed E-state index contributed by atoms with van der Waals surface area (Å²) in [5, 5.41) is 12.0. The normalized spacial score (nSPS) is 43.4. The number of urea groups is 1. The average molecular weight is 481 g/mol. The van der Waals surface area contributed by atoms with E-state index in [0.29, 0.717) is 28.6 Å². The molecule has 5 N–H and O–H groups in total. The van der Waals surface area contributed by atoms with Crippen LogP contribution in [0.2, 0.25) is 0 Å². The van der Waals surface area contributed by atoms with Gasteiger partial charge in [0, 0.05) is 11.3 Å². The molecule has 194 valence electrons. The van der Waals surface area contributed by atoms with Crippen LogP contribution >= 0.6 is 0 Å². The highest BCUT2D eigenvalue weighted by atomic mass is 16.3. The Morgan fingerprint density at radius 1 is 0.800 bits per heavy atom. The van der Waals surface area contributed by atoms with E-state index in [1.807, 2.05) is 0 Å². The maximum atomic E-state index is 12.0. The molecule has 0 aromatic heterocycles. The SMILES string of the molecule is CC1=C2CC(CC1C1(C3C(C)=C4CC(C3O)C4(C)C)CC3CC(=C1C)C3(C)C)C2(C)C.NC(N)=O. The maximum absolute atomic E-state index is 12.0. The van der Waals surface area contributed by atoms with Gasteiger partial charge in [-0.2, -0.15) is 0 Å². The maximum Gasteiger partial charge on any atom is 0.309 e. The van der Waals surface area contributed by atoms with Crippen molar-refractivity contribution in [1.82, 2.24) is 0 Å². The van der Waals surface area contributed by atoms with Crippen LogP contribution in [0.1, 0.15) is 94.4 Å². The number of allylic oxidation sites excluding steroid dienone is 5. The summed E-state index contributed by atoms with van der Waals surface area (Å²) in [6.07, 6.45) is 6.21. The van der Waals surface area contributed by atoms with Gasteiger partial charge in [0.25, 0.3) is 0 Å². The van der Waals surface area contributed by atoms with Crippen molar-refractivity contribution >= 4 is 6.03 Å². The van der Waals surface area contributed by atoms with Crippen LogP contribution in [0.3, 0.4) is 0 Å². The number of hydrogen-bond acceptors (Lipinski definition) is 2. The van der Waals surface area contributed by atoms with Crippen molar-refractivity contribution < 1.29 is 9.90 Å². The molecule has 0 spiro atoms. The fourth-order valence-electron chi connectivity index (χ4n) is 10.3. The van der Waals surface area contributed by atoms with Crippen LogP contribution in [-0.4, -0.2) is 17.2 Å². The van der Waals surface area contributed by atoms with E-state index in [9.17, 15) is 5.11 Å². The summed E-state index contributed by atoms with van der Waals surface area (Å²) in [7, 11) is 0. The van der Waals surface area contributed by atoms with Gasteiger partial charge >= 0.3 is 6.03 Å². The van der Waals surface area contributed by atoms with Gasteiger partial charge < -0.3 is 16.6 Å². The molecule has 7 atom stereocenters. The molecule has 9 aliphatic carbocycles. The number of carbonyl (C=O) groups is 1. The lowest BCUT2D eigenvalue weighted by molar-refractivity contribution is -0.110. The van der Waals surface area contributed by atoms with Gasteiger partial charge in [0.1, 0.15) is 0 Å². The first-order valence-electron chi connectivity index (χ1n) is 13.8. The lowest BCUT2D eigenvalue weighted by atomic mass is 9.35. The molecule has 0 radical (unpaired) electrons. The van der Waals surface area contributed by atoms with E-state index in [0.717, 1.165) is 18.3 Å².